The molecule has 0 bridgehead atoms. The van der Waals surface area contributed by atoms with Gasteiger partial charge in [0.1, 0.15) is 23.0 Å². The monoisotopic (exact) mass is 677 g/mol. The molecule has 2 unspecified atom stereocenters. The van der Waals surface area contributed by atoms with Crippen LogP contribution in [0.4, 0.5) is 15.8 Å². The van der Waals surface area contributed by atoms with Crippen molar-refractivity contribution in [3.05, 3.63) is 119 Å². The topological polar surface area (TPSA) is 80.2 Å². The Kier molecular flexibility index (Phi) is 10.8. The summed E-state index contributed by atoms with van der Waals surface area (Å²) in [5.41, 5.74) is 5.03. The SMILES string of the molecule is CCC(Oc1ccc(C(C)(C)CC)cc1C(C)(C)CC)C(=O)Nc1ccc(N2N=C(c3cccc(F)c3)C(Oc3ccc(C)cc3)C2=O)cc1. The summed E-state index contributed by atoms with van der Waals surface area (Å²) in [6, 6.07) is 26.5. The van der Waals surface area contributed by atoms with Crippen LogP contribution in [0.15, 0.2) is 96.1 Å². The van der Waals surface area contributed by atoms with Crippen molar-refractivity contribution in [1.29, 1.82) is 0 Å². The van der Waals surface area contributed by atoms with E-state index in [0.717, 1.165) is 24.0 Å². The summed E-state index contributed by atoms with van der Waals surface area (Å²) in [7, 11) is 0. The lowest BCUT2D eigenvalue weighted by Crippen LogP contribution is -2.37. The Labute approximate surface area is 295 Å². The molecule has 0 aromatic heterocycles. The largest absolute Gasteiger partial charge is 0.480 e. The summed E-state index contributed by atoms with van der Waals surface area (Å²) in [4.78, 5) is 27.3. The molecule has 8 heteroatoms. The van der Waals surface area contributed by atoms with E-state index in [2.05, 4.69) is 64.1 Å². The molecule has 0 saturated heterocycles. The number of amides is 2. The molecule has 0 saturated carbocycles. The highest BCUT2D eigenvalue weighted by Crippen LogP contribution is 2.39. The molecule has 1 aliphatic rings. The average Bonchev–Trinajstić information content (AvgIpc) is 3.43. The quantitative estimate of drug-likeness (QED) is 0.153. The predicted octanol–water partition coefficient (Wildman–Crippen LogP) is 9.50. The smallest absolute Gasteiger partial charge is 0.294 e. The van der Waals surface area contributed by atoms with Gasteiger partial charge in [0.15, 0.2) is 6.10 Å². The number of aryl methyl sites for hydroxylation is 1. The fraction of sp³-hybridized carbons (Fsp3) is 0.357. The molecule has 4 aromatic rings. The van der Waals surface area contributed by atoms with Crippen LogP contribution in [0.1, 0.15) is 90.0 Å². The molecule has 0 fully saturated rings. The fourth-order valence-electron chi connectivity index (χ4n) is 5.70. The van der Waals surface area contributed by atoms with E-state index in [0.29, 0.717) is 40.6 Å². The average molecular weight is 678 g/mol. The van der Waals surface area contributed by atoms with Crippen molar-refractivity contribution in [2.75, 3.05) is 10.3 Å². The van der Waals surface area contributed by atoms with Gasteiger partial charge in [-0.1, -0.05) is 90.4 Å². The summed E-state index contributed by atoms with van der Waals surface area (Å²) >= 11 is 0. The second-order valence-corrected chi connectivity index (χ2v) is 14.2. The molecule has 1 aliphatic heterocycles. The summed E-state index contributed by atoms with van der Waals surface area (Å²) in [5, 5.41) is 8.82. The van der Waals surface area contributed by atoms with Crippen LogP contribution >= 0.6 is 0 Å². The van der Waals surface area contributed by atoms with E-state index in [1.165, 1.54) is 22.7 Å². The van der Waals surface area contributed by atoms with Crippen molar-refractivity contribution in [2.45, 2.75) is 97.7 Å². The molecule has 262 valence electrons. The van der Waals surface area contributed by atoms with Crippen molar-refractivity contribution < 1.29 is 23.5 Å². The lowest BCUT2D eigenvalue weighted by molar-refractivity contribution is -0.123. The number of halogens is 1. The van der Waals surface area contributed by atoms with E-state index in [9.17, 15) is 14.0 Å². The van der Waals surface area contributed by atoms with Crippen LogP contribution in [-0.4, -0.2) is 29.7 Å². The van der Waals surface area contributed by atoms with Gasteiger partial charge >= 0.3 is 0 Å². The first-order chi connectivity index (χ1) is 23.8. The number of nitrogens with one attached hydrogen (secondary N) is 1. The van der Waals surface area contributed by atoms with Crippen molar-refractivity contribution >= 4 is 28.9 Å². The standard InChI is InChI=1S/C42H48FN3O4/c1-9-35(50-36-24-17-29(41(5,6)10-2)26-34(36)42(7,8)11-3)39(47)44-31-18-20-32(21-19-31)46-40(48)38(49-33-22-15-27(4)16-23-33)37(45-46)28-13-12-14-30(43)25-28/h12-26,35,38H,9-11H2,1-8H3,(H,44,47). The Morgan fingerprint density at radius 1 is 0.900 bits per heavy atom. The Morgan fingerprint density at radius 3 is 2.20 bits per heavy atom. The highest BCUT2D eigenvalue weighted by Gasteiger charge is 2.40. The van der Waals surface area contributed by atoms with E-state index in [4.69, 9.17) is 9.47 Å². The zero-order valence-electron chi connectivity index (χ0n) is 30.3. The van der Waals surface area contributed by atoms with Gasteiger partial charge < -0.3 is 14.8 Å². The fourth-order valence-corrected chi connectivity index (χ4v) is 5.70. The van der Waals surface area contributed by atoms with Gasteiger partial charge in [-0.2, -0.15) is 10.1 Å². The first-order valence-corrected chi connectivity index (χ1v) is 17.4. The van der Waals surface area contributed by atoms with Crippen LogP contribution in [-0.2, 0) is 20.4 Å². The van der Waals surface area contributed by atoms with E-state index in [1.807, 2.05) is 32.0 Å². The van der Waals surface area contributed by atoms with E-state index < -0.39 is 23.9 Å². The molecule has 0 aliphatic carbocycles. The van der Waals surface area contributed by atoms with Gasteiger partial charge in [0.25, 0.3) is 11.8 Å². The van der Waals surface area contributed by atoms with Gasteiger partial charge in [-0.15, -0.1) is 0 Å². The molecule has 7 nitrogen and oxygen atoms in total. The Bertz CT molecular complexity index is 1870. The summed E-state index contributed by atoms with van der Waals surface area (Å²) in [6.07, 6.45) is 0.600. The minimum absolute atomic E-state index is 0.0197. The highest BCUT2D eigenvalue weighted by atomic mass is 19.1. The Hall–Kier alpha value is -4.98. The van der Waals surface area contributed by atoms with E-state index >= 15 is 0 Å². The maximum atomic E-state index is 14.2. The molecule has 50 heavy (non-hydrogen) atoms. The number of anilines is 2. The van der Waals surface area contributed by atoms with Gasteiger partial charge in [0, 0.05) is 16.8 Å². The first-order valence-electron chi connectivity index (χ1n) is 17.4. The number of carbonyl (C=O) groups is 2. The third-order valence-electron chi connectivity index (χ3n) is 9.85. The van der Waals surface area contributed by atoms with Crippen LogP contribution in [0.25, 0.3) is 0 Å². The Balaban J connectivity index is 1.35. The van der Waals surface area contributed by atoms with Crippen molar-refractivity contribution in [3.63, 3.8) is 0 Å². The second kappa shape index (κ2) is 14.9. The number of carbonyl (C=O) groups excluding carboxylic acids is 2. The number of nitrogens with zero attached hydrogens (tertiary/aromatic N) is 2. The van der Waals surface area contributed by atoms with Gasteiger partial charge in [-0.3, -0.25) is 9.59 Å². The van der Waals surface area contributed by atoms with Crippen LogP contribution in [0.2, 0.25) is 0 Å². The zero-order chi connectivity index (χ0) is 36.2. The number of ether oxygens (including phenoxy) is 2. The number of hydrogen-bond donors (Lipinski definition) is 1. The van der Waals surface area contributed by atoms with Crippen molar-refractivity contribution in [1.82, 2.24) is 0 Å². The van der Waals surface area contributed by atoms with Crippen molar-refractivity contribution in [2.24, 2.45) is 5.10 Å². The third-order valence-corrected chi connectivity index (χ3v) is 9.85. The zero-order valence-corrected chi connectivity index (χ0v) is 30.3. The van der Waals surface area contributed by atoms with Gasteiger partial charge in [-0.05, 0) is 97.2 Å². The second-order valence-electron chi connectivity index (χ2n) is 14.2. The maximum absolute atomic E-state index is 14.2. The minimum Gasteiger partial charge on any atom is -0.480 e. The molecule has 2 amide bonds. The van der Waals surface area contributed by atoms with Gasteiger partial charge in [0.05, 0.1) is 5.69 Å². The van der Waals surface area contributed by atoms with Crippen LogP contribution < -0.4 is 19.8 Å². The van der Waals surface area contributed by atoms with Crippen LogP contribution in [0.3, 0.4) is 0 Å². The number of hydrogen-bond acceptors (Lipinski definition) is 5. The summed E-state index contributed by atoms with van der Waals surface area (Å²) < 4.78 is 26.8. The Morgan fingerprint density at radius 2 is 1.58 bits per heavy atom. The predicted molar refractivity (Wildman–Crippen MR) is 199 cm³/mol. The minimum atomic E-state index is -1.08. The number of benzene rings is 4. The highest BCUT2D eigenvalue weighted by molar-refractivity contribution is 6.24. The van der Waals surface area contributed by atoms with Gasteiger partial charge in [0.2, 0.25) is 6.10 Å². The third kappa shape index (κ3) is 7.91. The molecule has 1 heterocycles. The molecule has 0 spiro atoms. The van der Waals surface area contributed by atoms with Crippen molar-refractivity contribution in [3.8, 4) is 11.5 Å². The molecule has 0 radical (unpaired) electrons. The van der Waals surface area contributed by atoms with Gasteiger partial charge in [-0.25, -0.2) is 4.39 Å². The lowest BCUT2D eigenvalue weighted by atomic mass is 9.76. The molecule has 5 rings (SSSR count). The summed E-state index contributed by atoms with van der Waals surface area (Å²) in [6.45, 7) is 17.1. The summed E-state index contributed by atoms with van der Waals surface area (Å²) in [5.74, 6) is 0.0832. The number of rotatable bonds is 13. The molecular weight excluding hydrogens is 629 g/mol. The molecule has 4 aromatic carbocycles. The first kappa shape index (κ1) is 36.3. The number of hydrazone groups is 1. The molecule has 1 N–H and O–H groups in total. The maximum Gasteiger partial charge on any atom is 0.294 e. The van der Waals surface area contributed by atoms with Crippen LogP contribution in [0, 0.1) is 12.7 Å². The van der Waals surface area contributed by atoms with E-state index in [-0.39, 0.29) is 16.7 Å². The van der Waals surface area contributed by atoms with E-state index in [1.54, 1.807) is 48.5 Å². The lowest BCUT2D eigenvalue weighted by Gasteiger charge is -2.31. The molecule has 2 atom stereocenters. The normalized spacial score (nSPS) is 15.5. The molecular formula is C42H48FN3O4. The van der Waals surface area contributed by atoms with Crippen LogP contribution in [0.5, 0.6) is 11.5 Å².